The first-order valence-corrected chi connectivity index (χ1v) is 7.74. The van der Waals surface area contributed by atoms with Crippen LogP contribution in [0.15, 0.2) is 43.2 Å². The highest BCUT2D eigenvalue weighted by molar-refractivity contribution is 5.90. The van der Waals surface area contributed by atoms with E-state index in [1.54, 1.807) is 25.3 Å². The van der Waals surface area contributed by atoms with E-state index in [4.69, 9.17) is 9.47 Å². The van der Waals surface area contributed by atoms with Gasteiger partial charge in [-0.25, -0.2) is 9.50 Å². The number of rotatable bonds is 6. The minimum atomic E-state index is -4.48. The molecule has 0 aromatic carbocycles. The lowest BCUT2D eigenvalue weighted by Crippen LogP contribution is -2.19. The molecule has 6 nitrogen and oxygen atoms in total. The number of carbonyl (C=O) groups excluding carboxylic acids is 1. The average Bonchev–Trinajstić information content (AvgIpc) is 2.98. The van der Waals surface area contributed by atoms with Gasteiger partial charge in [0.2, 0.25) is 0 Å². The number of ether oxygens (including phenoxy) is 2. The van der Waals surface area contributed by atoms with Crippen LogP contribution in [-0.4, -0.2) is 33.7 Å². The highest BCUT2D eigenvalue weighted by Gasteiger charge is 2.29. The summed E-state index contributed by atoms with van der Waals surface area (Å²) in [6.45, 7) is 4.12. The molecule has 140 valence electrons. The van der Waals surface area contributed by atoms with Crippen molar-refractivity contribution in [2.45, 2.75) is 13.1 Å². The molecule has 3 aromatic heterocycles. The molecule has 0 unspecified atom stereocenters. The molecule has 0 aliphatic rings. The van der Waals surface area contributed by atoms with Crippen molar-refractivity contribution in [2.75, 3.05) is 6.61 Å². The third-order valence-corrected chi connectivity index (χ3v) is 3.51. The number of pyridine rings is 2. The van der Waals surface area contributed by atoms with E-state index in [-0.39, 0.29) is 23.1 Å². The predicted octanol–water partition coefficient (Wildman–Crippen LogP) is 4.31. The molecule has 9 heteroatoms. The van der Waals surface area contributed by atoms with Crippen molar-refractivity contribution in [3.63, 3.8) is 0 Å². The predicted molar refractivity (Wildman–Crippen MR) is 91.1 cm³/mol. The normalized spacial score (nSPS) is 11.4. The van der Waals surface area contributed by atoms with Crippen molar-refractivity contribution in [3.8, 4) is 17.4 Å². The molecule has 0 saturated heterocycles. The van der Waals surface area contributed by atoms with E-state index in [1.807, 2.05) is 0 Å². The van der Waals surface area contributed by atoms with E-state index in [0.29, 0.717) is 22.9 Å². The third-order valence-electron chi connectivity index (χ3n) is 3.51. The Morgan fingerprint density at radius 3 is 2.81 bits per heavy atom. The molecule has 3 aromatic rings. The van der Waals surface area contributed by atoms with Crippen LogP contribution in [0.4, 0.5) is 13.2 Å². The molecule has 0 spiro atoms. The number of nitrogens with zero attached hydrogens (tertiary/aromatic N) is 3. The van der Waals surface area contributed by atoms with Gasteiger partial charge in [0.15, 0.2) is 18.6 Å². The van der Waals surface area contributed by atoms with Crippen LogP contribution in [-0.2, 0) is 0 Å². The van der Waals surface area contributed by atoms with E-state index in [0.717, 1.165) is 0 Å². The lowest BCUT2D eigenvalue weighted by atomic mass is 10.1. The first-order chi connectivity index (χ1) is 12.8. The van der Waals surface area contributed by atoms with Crippen LogP contribution in [0.1, 0.15) is 23.0 Å². The minimum Gasteiger partial charge on any atom is -0.478 e. The van der Waals surface area contributed by atoms with Gasteiger partial charge >= 0.3 is 6.18 Å². The number of allylic oxidation sites excluding steroid dienone is 1. The first kappa shape index (κ1) is 18.4. The molecule has 0 aliphatic carbocycles. The summed E-state index contributed by atoms with van der Waals surface area (Å²) < 4.78 is 49.0. The standard InChI is InChI=1S/C18H14F3N3O3/c1-11(2)16-13(9-25)23-24-7-5-12(8-14(16)24)27-17-15(4-3-6-22-17)26-10-18(19,20)21/h3-9H,1,10H2,2H3. The van der Waals surface area contributed by atoms with Crippen LogP contribution in [0.25, 0.3) is 11.1 Å². The first-order valence-electron chi connectivity index (χ1n) is 7.74. The van der Waals surface area contributed by atoms with E-state index in [1.165, 1.54) is 22.8 Å². The molecule has 0 bridgehead atoms. The van der Waals surface area contributed by atoms with Gasteiger partial charge in [-0.3, -0.25) is 4.79 Å². The molecule has 0 saturated carbocycles. The summed E-state index contributed by atoms with van der Waals surface area (Å²) in [7, 11) is 0. The lowest BCUT2D eigenvalue weighted by molar-refractivity contribution is -0.153. The number of aldehydes is 1. The van der Waals surface area contributed by atoms with Crippen molar-refractivity contribution in [1.82, 2.24) is 14.6 Å². The highest BCUT2D eigenvalue weighted by Crippen LogP contribution is 2.32. The monoisotopic (exact) mass is 377 g/mol. The van der Waals surface area contributed by atoms with Gasteiger partial charge in [0.05, 0.1) is 5.52 Å². The van der Waals surface area contributed by atoms with Gasteiger partial charge in [-0.05, 0) is 30.7 Å². The molecule has 0 amide bonds. The second-order valence-corrected chi connectivity index (χ2v) is 5.66. The van der Waals surface area contributed by atoms with E-state index >= 15 is 0 Å². The zero-order valence-corrected chi connectivity index (χ0v) is 14.2. The van der Waals surface area contributed by atoms with Crippen LogP contribution >= 0.6 is 0 Å². The Kier molecular flexibility index (Phi) is 4.85. The van der Waals surface area contributed by atoms with Gasteiger partial charge in [0.25, 0.3) is 5.88 Å². The number of hydrogen-bond acceptors (Lipinski definition) is 5. The number of fused-ring (bicyclic) bond motifs is 1. The zero-order valence-electron chi connectivity index (χ0n) is 14.2. The third kappa shape index (κ3) is 4.08. The molecular formula is C18H14F3N3O3. The molecule has 3 heterocycles. The highest BCUT2D eigenvalue weighted by atomic mass is 19.4. The molecule has 3 rings (SSSR count). The van der Waals surface area contributed by atoms with E-state index in [2.05, 4.69) is 16.7 Å². The van der Waals surface area contributed by atoms with Crippen molar-refractivity contribution >= 4 is 17.4 Å². The summed E-state index contributed by atoms with van der Waals surface area (Å²) in [5.74, 6) is 0.0351. The quantitative estimate of drug-likeness (QED) is 0.599. The van der Waals surface area contributed by atoms with Gasteiger partial charge in [-0.2, -0.15) is 18.3 Å². The Morgan fingerprint density at radius 1 is 1.37 bits per heavy atom. The maximum Gasteiger partial charge on any atom is 0.422 e. The smallest absolute Gasteiger partial charge is 0.422 e. The van der Waals surface area contributed by atoms with Crippen molar-refractivity contribution in [3.05, 3.63) is 54.5 Å². The molecule has 0 aliphatic heterocycles. The number of carbonyl (C=O) groups is 1. The average molecular weight is 377 g/mol. The Morgan fingerprint density at radius 2 is 2.15 bits per heavy atom. The van der Waals surface area contributed by atoms with Crippen molar-refractivity contribution in [1.29, 1.82) is 0 Å². The van der Waals surface area contributed by atoms with Gasteiger partial charge in [-0.15, -0.1) is 0 Å². The summed E-state index contributed by atoms with van der Waals surface area (Å²) in [5, 5.41) is 4.14. The van der Waals surface area contributed by atoms with Crippen molar-refractivity contribution < 1.29 is 27.4 Å². The Balaban J connectivity index is 1.95. The van der Waals surface area contributed by atoms with Crippen LogP contribution in [0.5, 0.6) is 17.4 Å². The van der Waals surface area contributed by atoms with Crippen molar-refractivity contribution in [2.24, 2.45) is 0 Å². The molecule has 0 atom stereocenters. The fourth-order valence-electron chi connectivity index (χ4n) is 2.46. The molecule has 27 heavy (non-hydrogen) atoms. The van der Waals surface area contributed by atoms with Gasteiger partial charge < -0.3 is 9.47 Å². The SMILES string of the molecule is C=C(C)c1c(C=O)nn2ccc(Oc3ncccc3OCC(F)(F)F)cc12. The fraction of sp³-hybridized carbons (Fsp3) is 0.167. The maximum absolute atomic E-state index is 12.4. The minimum absolute atomic E-state index is 0.113. The number of hydrogen-bond donors (Lipinski definition) is 0. The Labute approximate surface area is 151 Å². The largest absolute Gasteiger partial charge is 0.478 e. The zero-order chi connectivity index (χ0) is 19.6. The second-order valence-electron chi connectivity index (χ2n) is 5.66. The van der Waals surface area contributed by atoms with Gasteiger partial charge in [0.1, 0.15) is 11.4 Å². The van der Waals surface area contributed by atoms with Gasteiger partial charge in [-0.1, -0.05) is 6.58 Å². The topological polar surface area (TPSA) is 65.7 Å². The maximum atomic E-state index is 12.4. The van der Waals surface area contributed by atoms with Gasteiger partial charge in [0, 0.05) is 24.0 Å². The Bertz CT molecular complexity index is 1010. The molecular weight excluding hydrogens is 363 g/mol. The van der Waals surface area contributed by atoms with Crippen LogP contribution < -0.4 is 9.47 Å². The molecule has 0 N–H and O–H groups in total. The number of halogens is 3. The van der Waals surface area contributed by atoms with E-state index < -0.39 is 12.8 Å². The summed E-state index contributed by atoms with van der Waals surface area (Å²) in [5.41, 5.74) is 1.99. The van der Waals surface area contributed by atoms with Crippen LogP contribution in [0.3, 0.4) is 0 Å². The van der Waals surface area contributed by atoms with E-state index in [9.17, 15) is 18.0 Å². The number of aromatic nitrogens is 3. The lowest BCUT2D eigenvalue weighted by Gasteiger charge is -2.12. The summed E-state index contributed by atoms with van der Waals surface area (Å²) >= 11 is 0. The summed E-state index contributed by atoms with van der Waals surface area (Å²) in [6.07, 6.45) is -0.926. The summed E-state index contributed by atoms with van der Waals surface area (Å²) in [6, 6.07) is 5.90. The van der Waals surface area contributed by atoms with Crippen LogP contribution in [0, 0.1) is 0 Å². The molecule has 0 fully saturated rings. The number of alkyl halides is 3. The van der Waals surface area contributed by atoms with Crippen LogP contribution in [0.2, 0.25) is 0 Å². The fourth-order valence-corrected chi connectivity index (χ4v) is 2.46. The molecule has 0 radical (unpaired) electrons. The summed E-state index contributed by atoms with van der Waals surface area (Å²) in [4.78, 5) is 15.1. The second kappa shape index (κ2) is 7.10. The Hall–Kier alpha value is -3.36.